The second-order valence-corrected chi connectivity index (χ2v) is 7.77. The summed E-state index contributed by atoms with van der Waals surface area (Å²) in [4.78, 5) is 33.1. The van der Waals surface area contributed by atoms with Gasteiger partial charge in [0, 0.05) is 12.1 Å². The SMILES string of the molecule is Nc1ncnc2c1C(=O)N(c1ccc(C3CCC(CC(=O)O)CC3)c(F)c1)CCO2. The van der Waals surface area contributed by atoms with Crippen molar-refractivity contribution in [3.05, 3.63) is 41.5 Å². The summed E-state index contributed by atoms with van der Waals surface area (Å²) < 4.78 is 20.5. The molecule has 1 aromatic heterocycles. The summed E-state index contributed by atoms with van der Waals surface area (Å²) in [5.74, 6) is -1.22. The fraction of sp³-hybridized carbons (Fsp3) is 0.429. The first-order chi connectivity index (χ1) is 14.4. The molecule has 158 valence electrons. The zero-order valence-corrected chi connectivity index (χ0v) is 16.4. The van der Waals surface area contributed by atoms with Crippen LogP contribution in [0.4, 0.5) is 15.9 Å². The van der Waals surface area contributed by atoms with E-state index in [2.05, 4.69) is 9.97 Å². The molecule has 1 aliphatic heterocycles. The molecule has 2 aromatic rings. The summed E-state index contributed by atoms with van der Waals surface area (Å²) >= 11 is 0. The Bertz CT molecular complexity index is 975. The lowest BCUT2D eigenvalue weighted by molar-refractivity contribution is -0.138. The molecule has 2 aliphatic rings. The molecule has 9 heteroatoms. The molecule has 3 N–H and O–H groups in total. The number of fused-ring (bicyclic) bond motifs is 1. The van der Waals surface area contributed by atoms with Crippen LogP contribution in [-0.2, 0) is 4.79 Å². The molecule has 1 aromatic carbocycles. The van der Waals surface area contributed by atoms with E-state index in [1.165, 1.54) is 17.3 Å². The maximum Gasteiger partial charge on any atom is 0.303 e. The summed E-state index contributed by atoms with van der Waals surface area (Å²) in [6.07, 6.45) is 4.46. The van der Waals surface area contributed by atoms with E-state index in [1.807, 2.05) is 0 Å². The number of nitrogen functional groups attached to an aromatic ring is 1. The molecule has 1 fully saturated rings. The number of carboxylic acids is 1. The highest BCUT2D eigenvalue weighted by Crippen LogP contribution is 2.39. The normalized spacial score (nSPS) is 21.5. The Balaban J connectivity index is 1.53. The van der Waals surface area contributed by atoms with E-state index < -0.39 is 11.9 Å². The van der Waals surface area contributed by atoms with E-state index in [9.17, 15) is 14.0 Å². The minimum Gasteiger partial charge on any atom is -0.481 e. The lowest BCUT2D eigenvalue weighted by Crippen LogP contribution is -2.33. The van der Waals surface area contributed by atoms with Gasteiger partial charge in [0.25, 0.3) is 5.91 Å². The third-order valence-electron chi connectivity index (χ3n) is 5.90. The number of nitrogens with zero attached hydrogens (tertiary/aromatic N) is 3. The number of hydrogen-bond donors (Lipinski definition) is 2. The first kappa shape index (κ1) is 20.1. The number of carbonyl (C=O) groups is 2. The molecule has 0 atom stereocenters. The predicted molar refractivity (Wildman–Crippen MR) is 107 cm³/mol. The van der Waals surface area contributed by atoms with E-state index in [-0.39, 0.29) is 54.5 Å². The number of amides is 1. The van der Waals surface area contributed by atoms with Crippen molar-refractivity contribution in [3.8, 4) is 5.88 Å². The number of hydrogen-bond acceptors (Lipinski definition) is 6. The van der Waals surface area contributed by atoms with Gasteiger partial charge in [-0.1, -0.05) is 6.07 Å². The van der Waals surface area contributed by atoms with Gasteiger partial charge in [-0.25, -0.2) is 14.4 Å². The number of aliphatic carboxylic acids is 1. The van der Waals surface area contributed by atoms with Gasteiger partial charge in [0.1, 0.15) is 30.1 Å². The number of halogens is 1. The van der Waals surface area contributed by atoms with E-state index in [1.54, 1.807) is 12.1 Å². The fourth-order valence-corrected chi connectivity index (χ4v) is 4.35. The molecule has 30 heavy (non-hydrogen) atoms. The van der Waals surface area contributed by atoms with Gasteiger partial charge in [0.05, 0.1) is 6.54 Å². The van der Waals surface area contributed by atoms with Crippen molar-refractivity contribution in [1.29, 1.82) is 0 Å². The first-order valence-electron chi connectivity index (χ1n) is 10.0. The Morgan fingerprint density at radius 2 is 2.03 bits per heavy atom. The Hall–Kier alpha value is -3.23. The van der Waals surface area contributed by atoms with E-state index in [4.69, 9.17) is 15.6 Å². The second kappa shape index (κ2) is 8.25. The van der Waals surface area contributed by atoms with Crippen LogP contribution in [-0.4, -0.2) is 40.1 Å². The summed E-state index contributed by atoms with van der Waals surface area (Å²) in [6, 6.07) is 4.81. The zero-order valence-electron chi connectivity index (χ0n) is 16.4. The third kappa shape index (κ3) is 3.92. The maximum absolute atomic E-state index is 15.0. The minimum atomic E-state index is -0.785. The fourth-order valence-electron chi connectivity index (χ4n) is 4.35. The van der Waals surface area contributed by atoms with Crippen LogP contribution in [0, 0.1) is 11.7 Å². The van der Waals surface area contributed by atoms with Crippen LogP contribution >= 0.6 is 0 Å². The van der Waals surface area contributed by atoms with Gasteiger partial charge < -0.3 is 20.5 Å². The number of benzene rings is 1. The average molecular weight is 414 g/mol. The topological polar surface area (TPSA) is 119 Å². The number of carboxylic acid groups (broad SMARTS) is 1. The third-order valence-corrected chi connectivity index (χ3v) is 5.90. The summed E-state index contributed by atoms with van der Waals surface area (Å²) in [5.41, 5.74) is 6.95. The molecule has 4 rings (SSSR count). The second-order valence-electron chi connectivity index (χ2n) is 7.77. The highest BCUT2D eigenvalue weighted by molar-refractivity contribution is 6.10. The largest absolute Gasteiger partial charge is 0.481 e. The van der Waals surface area contributed by atoms with Crippen LogP contribution in [0.25, 0.3) is 0 Å². The lowest BCUT2D eigenvalue weighted by Gasteiger charge is -2.28. The number of nitrogens with two attached hydrogens (primary N) is 1. The van der Waals surface area contributed by atoms with Crippen molar-refractivity contribution in [1.82, 2.24) is 9.97 Å². The standard InChI is InChI=1S/C21H23FN4O4/c22-16-10-14(5-6-15(16)13-3-1-12(2-4-13)9-17(27)28)26-7-8-30-20-18(21(26)29)19(23)24-11-25-20/h5-6,10-13H,1-4,7-9H2,(H,27,28)(H2,23,24,25). The number of carbonyl (C=O) groups excluding carboxylic acids is 1. The number of aromatic nitrogens is 2. The van der Waals surface area contributed by atoms with Gasteiger partial charge in [-0.2, -0.15) is 0 Å². The molecule has 1 amide bonds. The predicted octanol–water partition coefficient (Wildman–Crippen LogP) is 2.99. The molecule has 8 nitrogen and oxygen atoms in total. The molecule has 1 saturated carbocycles. The van der Waals surface area contributed by atoms with Gasteiger partial charge in [0.15, 0.2) is 0 Å². The summed E-state index contributed by atoms with van der Waals surface area (Å²) in [5, 5.41) is 8.95. The smallest absolute Gasteiger partial charge is 0.303 e. The Labute approximate surface area is 172 Å². The first-order valence-corrected chi connectivity index (χ1v) is 10.0. The lowest BCUT2D eigenvalue weighted by atomic mass is 9.77. The molecular weight excluding hydrogens is 391 g/mol. The van der Waals surface area contributed by atoms with Gasteiger partial charge in [-0.3, -0.25) is 9.59 Å². The summed E-state index contributed by atoms with van der Waals surface area (Å²) in [7, 11) is 0. The van der Waals surface area contributed by atoms with E-state index in [0.29, 0.717) is 11.3 Å². The van der Waals surface area contributed by atoms with Gasteiger partial charge in [-0.15, -0.1) is 0 Å². The zero-order chi connectivity index (χ0) is 21.3. The van der Waals surface area contributed by atoms with Crippen LogP contribution in [0.15, 0.2) is 24.5 Å². The van der Waals surface area contributed by atoms with Gasteiger partial charge in [-0.05, 0) is 55.2 Å². The molecule has 0 bridgehead atoms. The van der Waals surface area contributed by atoms with Crippen LogP contribution in [0.5, 0.6) is 5.88 Å². The highest BCUT2D eigenvalue weighted by atomic mass is 19.1. The highest BCUT2D eigenvalue weighted by Gasteiger charge is 2.30. The van der Waals surface area contributed by atoms with Crippen LogP contribution < -0.4 is 15.4 Å². The monoisotopic (exact) mass is 414 g/mol. The van der Waals surface area contributed by atoms with Crippen LogP contribution in [0.2, 0.25) is 0 Å². The minimum absolute atomic E-state index is 0.0205. The Morgan fingerprint density at radius 1 is 1.27 bits per heavy atom. The molecule has 1 aliphatic carbocycles. The van der Waals surface area contributed by atoms with Gasteiger partial charge >= 0.3 is 5.97 Å². The Morgan fingerprint density at radius 3 is 2.73 bits per heavy atom. The van der Waals surface area contributed by atoms with Crippen molar-refractivity contribution >= 4 is 23.4 Å². The van der Waals surface area contributed by atoms with Crippen molar-refractivity contribution in [3.63, 3.8) is 0 Å². The van der Waals surface area contributed by atoms with Crippen molar-refractivity contribution in [2.24, 2.45) is 5.92 Å². The molecular formula is C21H23FN4O4. The molecule has 0 saturated heterocycles. The van der Waals surface area contributed by atoms with E-state index >= 15 is 0 Å². The number of anilines is 2. The quantitative estimate of drug-likeness (QED) is 0.789. The molecule has 2 heterocycles. The Kier molecular flexibility index (Phi) is 5.52. The van der Waals surface area contributed by atoms with Crippen LogP contribution in [0.3, 0.4) is 0 Å². The molecule has 0 spiro atoms. The summed E-state index contributed by atoms with van der Waals surface area (Å²) in [6.45, 7) is 0.430. The van der Waals surface area contributed by atoms with E-state index in [0.717, 1.165) is 25.7 Å². The van der Waals surface area contributed by atoms with Crippen molar-refractivity contribution < 1.29 is 23.8 Å². The van der Waals surface area contributed by atoms with Crippen LogP contribution in [0.1, 0.15) is 53.9 Å². The number of ether oxygens (including phenoxy) is 1. The average Bonchev–Trinajstić information content (AvgIpc) is 2.88. The number of rotatable bonds is 4. The maximum atomic E-state index is 15.0. The molecule has 0 radical (unpaired) electrons. The van der Waals surface area contributed by atoms with Crippen molar-refractivity contribution in [2.45, 2.75) is 38.0 Å². The molecule has 0 unspecified atom stereocenters. The van der Waals surface area contributed by atoms with Crippen molar-refractivity contribution in [2.75, 3.05) is 23.8 Å². The van der Waals surface area contributed by atoms with Gasteiger partial charge in [0.2, 0.25) is 5.88 Å².